The summed E-state index contributed by atoms with van der Waals surface area (Å²) in [5.74, 6) is -0.993. The summed E-state index contributed by atoms with van der Waals surface area (Å²) in [7, 11) is 0. The molecule has 2 aromatic rings. The molecule has 1 atom stereocenters. The molecular formula is C15H12BrClFNO. The Hall–Kier alpha value is -1.39. The molecule has 0 heterocycles. The molecule has 0 fully saturated rings. The van der Waals surface area contributed by atoms with Crippen LogP contribution in [0.3, 0.4) is 0 Å². The van der Waals surface area contributed by atoms with Crippen molar-refractivity contribution in [3.8, 4) is 0 Å². The number of nitrogens with one attached hydrogen (secondary N) is 1. The molecule has 2 nitrogen and oxygen atoms in total. The third-order valence-corrected chi connectivity index (χ3v) is 4.04. The molecule has 1 amide bonds. The molecule has 0 saturated heterocycles. The number of amides is 1. The Bertz CT molecular complexity index is 606. The molecule has 0 aliphatic rings. The van der Waals surface area contributed by atoms with E-state index in [0.717, 1.165) is 5.56 Å². The van der Waals surface area contributed by atoms with Gasteiger partial charge in [0.05, 0.1) is 15.4 Å². The molecule has 0 aliphatic heterocycles. The van der Waals surface area contributed by atoms with Crippen molar-refractivity contribution in [2.75, 3.05) is 6.54 Å². The minimum Gasteiger partial charge on any atom is -0.351 e. The van der Waals surface area contributed by atoms with Gasteiger partial charge in [-0.05, 0) is 17.7 Å². The van der Waals surface area contributed by atoms with Gasteiger partial charge in [-0.15, -0.1) is 0 Å². The average Bonchev–Trinajstić information content (AvgIpc) is 2.48. The van der Waals surface area contributed by atoms with Crippen molar-refractivity contribution in [3.63, 3.8) is 0 Å². The van der Waals surface area contributed by atoms with E-state index in [-0.39, 0.29) is 15.4 Å². The van der Waals surface area contributed by atoms with E-state index in [1.165, 1.54) is 18.2 Å². The number of hydrogen-bond acceptors (Lipinski definition) is 1. The van der Waals surface area contributed by atoms with Gasteiger partial charge in [-0.25, -0.2) is 4.39 Å². The van der Waals surface area contributed by atoms with Gasteiger partial charge in [-0.3, -0.25) is 4.79 Å². The van der Waals surface area contributed by atoms with E-state index in [1.54, 1.807) is 0 Å². The van der Waals surface area contributed by atoms with Crippen LogP contribution in [0, 0.1) is 5.82 Å². The fraction of sp³-hybridized carbons (Fsp3) is 0.133. The first-order chi connectivity index (χ1) is 9.59. The zero-order chi connectivity index (χ0) is 14.5. The van der Waals surface area contributed by atoms with Crippen LogP contribution in [-0.2, 0) is 0 Å². The summed E-state index contributed by atoms with van der Waals surface area (Å²) >= 11 is 9.27. The number of carbonyl (C=O) groups excluding carboxylic acids is 1. The monoisotopic (exact) mass is 355 g/mol. The average molecular weight is 357 g/mol. The van der Waals surface area contributed by atoms with Crippen LogP contribution in [-0.4, -0.2) is 12.5 Å². The molecule has 0 radical (unpaired) electrons. The van der Waals surface area contributed by atoms with Crippen LogP contribution < -0.4 is 5.32 Å². The predicted molar refractivity (Wildman–Crippen MR) is 81.9 cm³/mol. The molecule has 5 heteroatoms. The zero-order valence-corrected chi connectivity index (χ0v) is 12.8. The van der Waals surface area contributed by atoms with E-state index in [0.29, 0.717) is 6.54 Å². The Morgan fingerprint density at radius 1 is 1.20 bits per heavy atom. The molecule has 1 N–H and O–H groups in total. The van der Waals surface area contributed by atoms with E-state index in [2.05, 4.69) is 21.2 Å². The first-order valence-corrected chi connectivity index (χ1v) is 7.30. The largest absolute Gasteiger partial charge is 0.351 e. The molecule has 0 bridgehead atoms. The maximum atomic E-state index is 13.3. The summed E-state index contributed by atoms with van der Waals surface area (Å²) in [5.41, 5.74) is 1.19. The SMILES string of the molecule is O=C(NCC(Br)c1ccccc1)c1cccc(F)c1Cl. The van der Waals surface area contributed by atoms with Gasteiger partial charge in [0.15, 0.2) is 0 Å². The van der Waals surface area contributed by atoms with E-state index < -0.39 is 11.7 Å². The smallest absolute Gasteiger partial charge is 0.252 e. The van der Waals surface area contributed by atoms with E-state index >= 15 is 0 Å². The first-order valence-electron chi connectivity index (χ1n) is 6.01. The molecule has 104 valence electrons. The first kappa shape index (κ1) is 15.0. The van der Waals surface area contributed by atoms with Gasteiger partial charge in [0.25, 0.3) is 5.91 Å². The Morgan fingerprint density at radius 2 is 1.90 bits per heavy atom. The van der Waals surface area contributed by atoms with Gasteiger partial charge in [0.1, 0.15) is 5.82 Å². The zero-order valence-electron chi connectivity index (χ0n) is 10.4. The van der Waals surface area contributed by atoms with Crippen molar-refractivity contribution in [1.82, 2.24) is 5.32 Å². The number of carbonyl (C=O) groups is 1. The lowest BCUT2D eigenvalue weighted by Crippen LogP contribution is -2.27. The highest BCUT2D eigenvalue weighted by atomic mass is 79.9. The van der Waals surface area contributed by atoms with Gasteiger partial charge in [0, 0.05) is 6.54 Å². The highest BCUT2D eigenvalue weighted by Gasteiger charge is 2.15. The van der Waals surface area contributed by atoms with E-state index in [1.807, 2.05) is 30.3 Å². The Balaban J connectivity index is 2.01. The summed E-state index contributed by atoms with van der Waals surface area (Å²) < 4.78 is 13.3. The molecule has 20 heavy (non-hydrogen) atoms. The predicted octanol–water partition coefficient (Wildman–Crippen LogP) is 4.35. The summed E-state index contributed by atoms with van der Waals surface area (Å²) in [6.07, 6.45) is 0. The van der Waals surface area contributed by atoms with Gasteiger partial charge in [-0.2, -0.15) is 0 Å². The molecule has 2 rings (SSSR count). The van der Waals surface area contributed by atoms with Crippen molar-refractivity contribution in [3.05, 3.63) is 70.5 Å². The normalized spacial score (nSPS) is 11.9. The van der Waals surface area contributed by atoms with E-state index in [4.69, 9.17) is 11.6 Å². The fourth-order valence-corrected chi connectivity index (χ4v) is 2.42. The van der Waals surface area contributed by atoms with Crippen LogP contribution in [0.2, 0.25) is 5.02 Å². The van der Waals surface area contributed by atoms with E-state index in [9.17, 15) is 9.18 Å². The van der Waals surface area contributed by atoms with Crippen LogP contribution in [0.5, 0.6) is 0 Å². The summed E-state index contributed by atoms with van der Waals surface area (Å²) in [5, 5.41) is 2.57. The third kappa shape index (κ3) is 3.58. The quantitative estimate of drug-likeness (QED) is 0.811. The second-order valence-corrected chi connectivity index (χ2v) is 5.67. The van der Waals surface area contributed by atoms with Crippen molar-refractivity contribution in [1.29, 1.82) is 0 Å². The molecule has 0 spiro atoms. The topological polar surface area (TPSA) is 29.1 Å². The second kappa shape index (κ2) is 6.86. The highest BCUT2D eigenvalue weighted by molar-refractivity contribution is 9.09. The van der Waals surface area contributed by atoms with Crippen molar-refractivity contribution >= 4 is 33.4 Å². The molecule has 0 aliphatic carbocycles. The maximum Gasteiger partial charge on any atom is 0.252 e. The summed E-state index contributed by atoms with van der Waals surface area (Å²) in [6, 6.07) is 13.9. The van der Waals surface area contributed by atoms with Crippen LogP contribution in [0.15, 0.2) is 48.5 Å². The molecule has 0 aromatic heterocycles. The molecule has 1 unspecified atom stereocenters. The highest BCUT2D eigenvalue weighted by Crippen LogP contribution is 2.22. The Labute approximate surface area is 130 Å². The second-order valence-electron chi connectivity index (χ2n) is 4.19. The lowest BCUT2D eigenvalue weighted by atomic mass is 10.1. The Morgan fingerprint density at radius 3 is 2.60 bits per heavy atom. The molecular weight excluding hydrogens is 345 g/mol. The standard InChI is InChI=1S/C15H12BrClFNO/c16-12(10-5-2-1-3-6-10)9-19-15(20)11-7-4-8-13(18)14(11)17/h1-8,12H,9H2,(H,19,20). The minimum absolute atomic E-state index is 0.0139. The van der Waals surface area contributed by atoms with Crippen LogP contribution in [0.4, 0.5) is 4.39 Å². The summed E-state index contributed by atoms with van der Waals surface area (Å²) in [4.78, 5) is 12.0. The lowest BCUT2D eigenvalue weighted by Gasteiger charge is -2.12. The minimum atomic E-state index is -0.599. The Kier molecular flexibility index (Phi) is 5.15. The van der Waals surface area contributed by atoms with Gasteiger partial charge < -0.3 is 5.32 Å². The fourth-order valence-electron chi connectivity index (χ4n) is 1.74. The van der Waals surface area contributed by atoms with Crippen molar-refractivity contribution in [2.24, 2.45) is 0 Å². The van der Waals surface area contributed by atoms with Gasteiger partial charge in [-0.1, -0.05) is 63.9 Å². The number of alkyl halides is 1. The maximum absolute atomic E-state index is 13.3. The van der Waals surface area contributed by atoms with Crippen LogP contribution >= 0.6 is 27.5 Å². The number of rotatable bonds is 4. The van der Waals surface area contributed by atoms with Gasteiger partial charge in [0.2, 0.25) is 0 Å². The number of benzene rings is 2. The number of hydrogen-bond donors (Lipinski definition) is 1. The van der Waals surface area contributed by atoms with Crippen LogP contribution in [0.25, 0.3) is 0 Å². The number of halogens is 3. The summed E-state index contributed by atoms with van der Waals surface area (Å²) in [6.45, 7) is 0.385. The van der Waals surface area contributed by atoms with Crippen molar-refractivity contribution in [2.45, 2.75) is 4.83 Å². The molecule has 2 aromatic carbocycles. The third-order valence-electron chi connectivity index (χ3n) is 2.80. The molecule has 0 saturated carbocycles. The van der Waals surface area contributed by atoms with Gasteiger partial charge >= 0.3 is 0 Å². The van der Waals surface area contributed by atoms with Crippen LogP contribution in [0.1, 0.15) is 20.7 Å². The van der Waals surface area contributed by atoms with Crippen molar-refractivity contribution < 1.29 is 9.18 Å². The lowest BCUT2D eigenvalue weighted by molar-refractivity contribution is 0.0953.